The van der Waals surface area contributed by atoms with Crippen LogP contribution in [0.5, 0.6) is 5.75 Å². The van der Waals surface area contributed by atoms with E-state index in [1.54, 1.807) is 12.1 Å². The summed E-state index contributed by atoms with van der Waals surface area (Å²) in [5, 5.41) is 0. The van der Waals surface area contributed by atoms with E-state index >= 15 is 0 Å². The van der Waals surface area contributed by atoms with Crippen molar-refractivity contribution in [3.8, 4) is 5.75 Å². The van der Waals surface area contributed by atoms with Crippen LogP contribution in [0.25, 0.3) is 0 Å². The summed E-state index contributed by atoms with van der Waals surface area (Å²) >= 11 is 0. The Bertz CT molecular complexity index is 1720. The van der Waals surface area contributed by atoms with Crippen molar-refractivity contribution in [3.05, 3.63) is 125 Å². The zero-order valence-electron chi connectivity index (χ0n) is 23.8. The number of alkyl halides is 3. The van der Waals surface area contributed by atoms with Crippen molar-refractivity contribution in [2.45, 2.75) is 38.0 Å². The molecule has 0 saturated carbocycles. The molecule has 44 heavy (non-hydrogen) atoms. The molecule has 4 aromatic rings. The number of halogens is 5. The molecular weight excluding hydrogens is 603 g/mol. The molecule has 0 N–H and O–H groups in total. The molecule has 0 unspecified atom stereocenters. The normalized spacial score (nSPS) is 11.7. The van der Waals surface area contributed by atoms with Crippen LogP contribution >= 0.6 is 0 Å². The third-order valence-electron chi connectivity index (χ3n) is 6.84. The van der Waals surface area contributed by atoms with Gasteiger partial charge in [-0.25, -0.2) is 8.78 Å². The Morgan fingerprint density at radius 1 is 0.795 bits per heavy atom. The second-order valence-electron chi connectivity index (χ2n) is 9.83. The lowest BCUT2D eigenvalue weighted by atomic mass is 10.1. The molecule has 0 aromatic heterocycles. The maximum absolute atomic E-state index is 14.0. The first-order valence-electron chi connectivity index (χ1n) is 13.6. The van der Waals surface area contributed by atoms with E-state index in [-0.39, 0.29) is 30.0 Å². The predicted octanol–water partition coefficient (Wildman–Crippen LogP) is 7.44. The van der Waals surface area contributed by atoms with Crippen LogP contribution in [-0.4, -0.2) is 32.3 Å². The van der Waals surface area contributed by atoms with Crippen LogP contribution in [0.4, 0.5) is 27.6 Å². The molecule has 0 saturated heterocycles. The smallest absolute Gasteiger partial charge is 0.379 e. The first kappa shape index (κ1) is 32.5. The molecule has 4 aromatic carbocycles. The van der Waals surface area contributed by atoms with Gasteiger partial charge < -0.3 is 14.0 Å². The molecule has 0 atom stereocenters. The Labute approximate surface area is 252 Å². The molecule has 6 nitrogen and oxygen atoms in total. The fraction of sp³-hybridized carbons (Fsp3) is 0.219. The number of carbonyl (C=O) groups is 1. The minimum absolute atomic E-state index is 0.0194. The van der Waals surface area contributed by atoms with Gasteiger partial charge in [0.15, 0.2) is 0 Å². The number of benzene rings is 4. The van der Waals surface area contributed by atoms with Gasteiger partial charge in [0, 0.05) is 42.5 Å². The van der Waals surface area contributed by atoms with Gasteiger partial charge in [0.2, 0.25) is 0 Å². The predicted molar refractivity (Wildman–Crippen MR) is 156 cm³/mol. The minimum atomic E-state index is -4.78. The van der Waals surface area contributed by atoms with Gasteiger partial charge in [-0.15, -0.1) is 0 Å². The average molecular weight is 633 g/mol. The van der Waals surface area contributed by atoms with Gasteiger partial charge in [-0.05, 0) is 74.0 Å². The summed E-state index contributed by atoms with van der Waals surface area (Å²) in [6, 6.07) is 18.3. The maximum atomic E-state index is 14.0. The van der Waals surface area contributed by atoms with Crippen molar-refractivity contribution in [1.82, 2.24) is 4.90 Å². The Morgan fingerprint density at radius 2 is 1.48 bits per heavy atom. The molecule has 0 heterocycles. The van der Waals surface area contributed by atoms with Crippen LogP contribution in [0.2, 0.25) is 0 Å². The second-order valence-corrected chi connectivity index (χ2v) is 11.4. The van der Waals surface area contributed by atoms with Crippen molar-refractivity contribution in [2.75, 3.05) is 18.0 Å². The summed E-state index contributed by atoms with van der Waals surface area (Å²) in [6.07, 6.45) is -4.78. The van der Waals surface area contributed by atoms with Crippen molar-refractivity contribution >= 4 is 21.7 Å². The zero-order valence-corrected chi connectivity index (χ0v) is 24.6. The highest BCUT2D eigenvalue weighted by atomic mass is 32.2. The lowest BCUT2D eigenvalue weighted by Crippen LogP contribution is -2.30. The quantitative estimate of drug-likeness (QED) is 0.127. The number of hydrogen-bond acceptors (Lipinski definition) is 5. The van der Waals surface area contributed by atoms with E-state index in [0.717, 1.165) is 24.3 Å². The average Bonchev–Trinajstić information content (AvgIpc) is 2.98. The number of hydrogen-bond donors (Lipinski definition) is 0. The topological polar surface area (TPSA) is 66.9 Å². The number of anilines is 1. The minimum Gasteiger partial charge on any atom is -0.379 e. The van der Waals surface area contributed by atoms with E-state index in [2.05, 4.69) is 0 Å². The molecule has 0 aliphatic carbocycles. The fourth-order valence-electron chi connectivity index (χ4n) is 4.55. The van der Waals surface area contributed by atoms with Crippen molar-refractivity contribution < 1.29 is 39.3 Å². The maximum Gasteiger partial charge on any atom is 0.416 e. The van der Waals surface area contributed by atoms with Crippen LogP contribution < -0.4 is 9.08 Å². The Kier molecular flexibility index (Phi) is 9.93. The highest BCUT2D eigenvalue weighted by molar-refractivity contribution is 7.87. The molecule has 232 valence electrons. The Balaban J connectivity index is 1.78. The number of carbonyl (C=O) groups excluding carboxylic acids is 1. The molecule has 0 aliphatic rings. The van der Waals surface area contributed by atoms with Crippen LogP contribution in [-0.2, 0) is 29.4 Å². The standard InChI is InChI=1S/C32H29F5N2O4S/c1-3-38(4-2)28-16-13-24(30(19-28)43-44(41,42)29-10-6-8-25(18-29)32(35,36)37)21-39(20-22-11-14-26(33)15-12-22)31(40)23-7-5-9-27(34)17-23/h5-19H,3-4,20-21H2,1-2H3. The van der Waals surface area contributed by atoms with Crippen molar-refractivity contribution in [2.24, 2.45) is 0 Å². The van der Waals surface area contributed by atoms with E-state index in [1.807, 2.05) is 18.7 Å². The van der Waals surface area contributed by atoms with Gasteiger partial charge in [-0.2, -0.15) is 21.6 Å². The van der Waals surface area contributed by atoms with Crippen molar-refractivity contribution in [1.29, 1.82) is 0 Å². The molecule has 0 radical (unpaired) electrons. The van der Waals surface area contributed by atoms with Crippen LogP contribution in [0, 0.1) is 11.6 Å². The van der Waals surface area contributed by atoms with E-state index in [1.165, 1.54) is 53.4 Å². The summed E-state index contributed by atoms with van der Waals surface area (Å²) in [5.74, 6) is -1.94. The molecule has 0 spiro atoms. The van der Waals surface area contributed by atoms with E-state index < -0.39 is 44.3 Å². The van der Waals surface area contributed by atoms with Gasteiger partial charge in [-0.1, -0.05) is 30.3 Å². The monoisotopic (exact) mass is 632 g/mol. The van der Waals surface area contributed by atoms with E-state index in [4.69, 9.17) is 4.18 Å². The second kappa shape index (κ2) is 13.5. The molecule has 0 aliphatic heterocycles. The van der Waals surface area contributed by atoms with E-state index in [9.17, 15) is 35.2 Å². The summed E-state index contributed by atoms with van der Waals surface area (Å²) in [5.41, 5.74) is 0.184. The van der Waals surface area contributed by atoms with Gasteiger partial charge in [0.25, 0.3) is 5.91 Å². The highest BCUT2D eigenvalue weighted by Crippen LogP contribution is 2.33. The molecular formula is C32H29F5N2O4S. The molecule has 4 rings (SSSR count). The Hall–Kier alpha value is -4.45. The van der Waals surface area contributed by atoms with Gasteiger partial charge in [0.05, 0.1) is 12.1 Å². The van der Waals surface area contributed by atoms with Gasteiger partial charge in [0.1, 0.15) is 22.3 Å². The lowest BCUT2D eigenvalue weighted by molar-refractivity contribution is -0.137. The molecule has 0 fully saturated rings. The lowest BCUT2D eigenvalue weighted by Gasteiger charge is -2.26. The van der Waals surface area contributed by atoms with Crippen molar-refractivity contribution in [3.63, 3.8) is 0 Å². The summed E-state index contributed by atoms with van der Waals surface area (Å²) < 4.78 is 99.6. The van der Waals surface area contributed by atoms with Crippen LogP contribution in [0.3, 0.4) is 0 Å². The van der Waals surface area contributed by atoms with Crippen LogP contribution in [0.15, 0.2) is 95.9 Å². The Morgan fingerprint density at radius 3 is 2.11 bits per heavy atom. The first-order valence-corrected chi connectivity index (χ1v) is 15.0. The number of rotatable bonds is 11. The SMILES string of the molecule is CCN(CC)c1ccc(CN(Cc2ccc(F)cc2)C(=O)c2cccc(F)c2)c(OS(=O)(=O)c2cccc(C(F)(F)F)c2)c1. The van der Waals surface area contributed by atoms with Gasteiger partial charge >= 0.3 is 16.3 Å². The summed E-state index contributed by atoms with van der Waals surface area (Å²) in [4.78, 5) is 16.1. The molecule has 1 amide bonds. The van der Waals surface area contributed by atoms with Gasteiger partial charge in [-0.3, -0.25) is 4.79 Å². The first-order chi connectivity index (χ1) is 20.8. The summed E-state index contributed by atoms with van der Waals surface area (Å²) in [7, 11) is -4.77. The van der Waals surface area contributed by atoms with Crippen LogP contribution in [0.1, 0.15) is 40.9 Å². The number of amides is 1. The summed E-state index contributed by atoms with van der Waals surface area (Å²) in [6.45, 7) is 4.60. The van der Waals surface area contributed by atoms with E-state index in [0.29, 0.717) is 30.4 Å². The highest BCUT2D eigenvalue weighted by Gasteiger charge is 2.32. The molecule has 12 heteroatoms. The zero-order chi connectivity index (χ0) is 32.1. The largest absolute Gasteiger partial charge is 0.416 e. The third-order valence-corrected chi connectivity index (χ3v) is 8.07. The fourth-order valence-corrected chi connectivity index (χ4v) is 5.55. The third kappa shape index (κ3) is 7.93. The number of nitrogens with zero attached hydrogens (tertiary/aromatic N) is 2. The molecule has 0 bridgehead atoms.